The molecular formula is C17H17Cl2N3OS. The van der Waals surface area contributed by atoms with Crippen molar-refractivity contribution >= 4 is 35.8 Å². The van der Waals surface area contributed by atoms with Gasteiger partial charge in [0.1, 0.15) is 0 Å². The molecule has 3 aromatic rings. The molecule has 3 rings (SSSR count). The van der Waals surface area contributed by atoms with E-state index < -0.39 is 0 Å². The quantitative estimate of drug-likeness (QED) is 0.627. The van der Waals surface area contributed by atoms with Gasteiger partial charge in [-0.2, -0.15) is 0 Å². The van der Waals surface area contributed by atoms with Crippen LogP contribution in [0.5, 0.6) is 0 Å². The zero-order valence-electron chi connectivity index (χ0n) is 12.8. The molecular weight excluding hydrogens is 365 g/mol. The fraction of sp³-hybridized carbons (Fsp3) is 0.176. The maximum Gasteiger partial charge on any atom is 0.276 e. The van der Waals surface area contributed by atoms with Crippen molar-refractivity contribution in [1.82, 2.24) is 10.2 Å². The number of aromatic nitrogens is 2. The largest absolute Gasteiger partial charge is 0.414 e. The number of benzene rings is 2. The number of nitrogens with zero attached hydrogens (tertiary/aromatic N) is 2. The molecule has 2 aromatic carbocycles. The minimum absolute atomic E-state index is 0. The third kappa shape index (κ3) is 4.98. The van der Waals surface area contributed by atoms with Gasteiger partial charge in [0.25, 0.3) is 5.22 Å². The van der Waals surface area contributed by atoms with E-state index in [0.29, 0.717) is 23.3 Å². The lowest BCUT2D eigenvalue weighted by Crippen LogP contribution is -2.13. The summed E-state index contributed by atoms with van der Waals surface area (Å²) in [5.74, 6) is 1.13. The average Bonchev–Trinajstić information content (AvgIpc) is 3.04. The van der Waals surface area contributed by atoms with Crippen LogP contribution in [0, 0.1) is 0 Å². The molecule has 0 amide bonds. The first-order valence-corrected chi connectivity index (χ1v) is 8.58. The number of nitrogens with two attached hydrogens (primary N) is 1. The van der Waals surface area contributed by atoms with Crippen LogP contribution in [0.3, 0.4) is 0 Å². The van der Waals surface area contributed by atoms with Crippen molar-refractivity contribution in [2.24, 2.45) is 5.73 Å². The van der Waals surface area contributed by atoms with E-state index in [4.69, 9.17) is 21.8 Å². The maximum atomic E-state index is 6.15. The predicted octanol–water partition coefficient (Wildman–Crippen LogP) is 4.68. The molecule has 1 atom stereocenters. The Balaban J connectivity index is 0.00000208. The van der Waals surface area contributed by atoms with Crippen LogP contribution in [-0.2, 0) is 12.2 Å². The van der Waals surface area contributed by atoms with Gasteiger partial charge in [-0.1, -0.05) is 71.9 Å². The van der Waals surface area contributed by atoms with E-state index in [1.165, 1.54) is 11.8 Å². The van der Waals surface area contributed by atoms with Gasteiger partial charge in [-0.05, 0) is 23.6 Å². The zero-order valence-corrected chi connectivity index (χ0v) is 15.2. The monoisotopic (exact) mass is 381 g/mol. The Morgan fingerprint density at radius 2 is 1.75 bits per heavy atom. The highest BCUT2D eigenvalue weighted by atomic mass is 35.5. The molecule has 0 aliphatic carbocycles. The highest BCUT2D eigenvalue weighted by molar-refractivity contribution is 7.98. The van der Waals surface area contributed by atoms with Gasteiger partial charge in [-0.15, -0.1) is 22.6 Å². The van der Waals surface area contributed by atoms with Crippen LogP contribution in [0.4, 0.5) is 0 Å². The van der Waals surface area contributed by atoms with E-state index in [0.717, 1.165) is 16.1 Å². The summed E-state index contributed by atoms with van der Waals surface area (Å²) in [6, 6.07) is 17.4. The van der Waals surface area contributed by atoms with Gasteiger partial charge in [0.15, 0.2) is 0 Å². The average molecular weight is 382 g/mol. The van der Waals surface area contributed by atoms with Gasteiger partial charge in [0, 0.05) is 10.8 Å². The molecule has 126 valence electrons. The summed E-state index contributed by atoms with van der Waals surface area (Å²) in [6.07, 6.45) is 0.664. The first kappa shape index (κ1) is 18.8. The van der Waals surface area contributed by atoms with E-state index >= 15 is 0 Å². The summed E-state index contributed by atoms with van der Waals surface area (Å²) in [4.78, 5) is 0. The Bertz CT molecular complexity index is 767. The summed E-state index contributed by atoms with van der Waals surface area (Å²) < 4.78 is 5.65. The lowest BCUT2D eigenvalue weighted by Gasteiger charge is -2.06. The van der Waals surface area contributed by atoms with Crippen LogP contribution in [0.15, 0.2) is 64.2 Å². The first-order chi connectivity index (χ1) is 11.2. The first-order valence-electron chi connectivity index (χ1n) is 7.21. The number of halogens is 2. The normalized spacial score (nSPS) is 11.8. The molecule has 0 bridgehead atoms. The molecule has 0 saturated carbocycles. The van der Waals surface area contributed by atoms with Gasteiger partial charge in [0.05, 0.1) is 6.04 Å². The van der Waals surface area contributed by atoms with E-state index in [1.54, 1.807) is 0 Å². The van der Waals surface area contributed by atoms with Crippen molar-refractivity contribution in [3.8, 4) is 0 Å². The second-order valence-corrected chi connectivity index (χ2v) is 6.42. The molecule has 1 aromatic heterocycles. The predicted molar refractivity (Wildman–Crippen MR) is 99.6 cm³/mol. The third-order valence-corrected chi connectivity index (χ3v) is 4.58. The van der Waals surface area contributed by atoms with Crippen LogP contribution >= 0.6 is 35.8 Å². The van der Waals surface area contributed by atoms with E-state index in [-0.39, 0.29) is 18.4 Å². The zero-order chi connectivity index (χ0) is 16.1. The van der Waals surface area contributed by atoms with Crippen LogP contribution < -0.4 is 5.73 Å². The molecule has 0 spiro atoms. The summed E-state index contributed by atoms with van der Waals surface area (Å²) in [6.45, 7) is 0. The van der Waals surface area contributed by atoms with E-state index in [9.17, 15) is 0 Å². The summed E-state index contributed by atoms with van der Waals surface area (Å²) >= 11 is 7.59. The summed E-state index contributed by atoms with van der Waals surface area (Å²) in [7, 11) is 0. The van der Waals surface area contributed by atoms with Gasteiger partial charge >= 0.3 is 0 Å². The number of rotatable bonds is 6. The molecule has 2 N–H and O–H groups in total. The van der Waals surface area contributed by atoms with Crippen LogP contribution in [-0.4, -0.2) is 10.2 Å². The fourth-order valence-corrected chi connectivity index (χ4v) is 3.19. The van der Waals surface area contributed by atoms with Crippen molar-refractivity contribution < 1.29 is 4.42 Å². The van der Waals surface area contributed by atoms with Crippen LogP contribution in [0.2, 0.25) is 5.02 Å². The SMILES string of the molecule is Cl.NC(Cc1ccccc1)c1nnc(SCc2ccccc2Cl)o1. The van der Waals surface area contributed by atoms with Gasteiger partial charge in [-0.3, -0.25) is 0 Å². The van der Waals surface area contributed by atoms with Crippen molar-refractivity contribution in [3.63, 3.8) is 0 Å². The summed E-state index contributed by atoms with van der Waals surface area (Å²) in [5.41, 5.74) is 8.32. The van der Waals surface area contributed by atoms with E-state index in [1.807, 2.05) is 54.6 Å². The highest BCUT2D eigenvalue weighted by Crippen LogP contribution is 2.27. The van der Waals surface area contributed by atoms with Crippen molar-refractivity contribution in [2.45, 2.75) is 23.4 Å². The van der Waals surface area contributed by atoms with Crippen LogP contribution in [0.25, 0.3) is 0 Å². The number of hydrogen-bond acceptors (Lipinski definition) is 5. The smallest absolute Gasteiger partial charge is 0.276 e. The standard InChI is InChI=1S/C17H16ClN3OS.ClH/c18-14-9-5-4-8-13(14)11-23-17-21-20-16(22-17)15(19)10-12-6-2-1-3-7-12;/h1-9,15H,10-11,19H2;1H. The topological polar surface area (TPSA) is 64.9 Å². The van der Waals surface area contributed by atoms with Crippen LogP contribution in [0.1, 0.15) is 23.1 Å². The lowest BCUT2D eigenvalue weighted by molar-refractivity contribution is 0.385. The minimum atomic E-state index is -0.306. The molecule has 0 radical (unpaired) electrons. The molecule has 0 aliphatic rings. The molecule has 0 fully saturated rings. The molecule has 1 unspecified atom stereocenters. The van der Waals surface area contributed by atoms with Gasteiger partial charge in [0.2, 0.25) is 5.89 Å². The highest BCUT2D eigenvalue weighted by Gasteiger charge is 2.15. The van der Waals surface area contributed by atoms with Gasteiger partial charge < -0.3 is 10.2 Å². The fourth-order valence-electron chi connectivity index (χ4n) is 2.14. The Morgan fingerprint density at radius 3 is 2.50 bits per heavy atom. The Hall–Kier alpha value is -1.53. The molecule has 0 saturated heterocycles. The Kier molecular flexibility index (Phi) is 7.12. The van der Waals surface area contributed by atoms with E-state index in [2.05, 4.69) is 10.2 Å². The lowest BCUT2D eigenvalue weighted by atomic mass is 10.1. The van der Waals surface area contributed by atoms with Gasteiger partial charge in [-0.25, -0.2) is 0 Å². The van der Waals surface area contributed by atoms with Crippen molar-refractivity contribution in [3.05, 3.63) is 76.6 Å². The maximum absolute atomic E-state index is 6.15. The second-order valence-electron chi connectivity index (χ2n) is 5.08. The molecule has 0 aliphatic heterocycles. The van der Waals surface area contributed by atoms with Crippen molar-refractivity contribution in [2.75, 3.05) is 0 Å². The molecule has 1 heterocycles. The minimum Gasteiger partial charge on any atom is -0.414 e. The molecule has 4 nitrogen and oxygen atoms in total. The Labute approximate surface area is 156 Å². The molecule has 24 heavy (non-hydrogen) atoms. The Morgan fingerprint density at radius 1 is 1.04 bits per heavy atom. The van der Waals surface area contributed by atoms with Crippen molar-refractivity contribution in [1.29, 1.82) is 0 Å². The third-order valence-electron chi connectivity index (χ3n) is 3.35. The number of thioether (sulfide) groups is 1. The second kappa shape index (κ2) is 9.08. The summed E-state index contributed by atoms with van der Waals surface area (Å²) in [5, 5.41) is 9.34. The molecule has 7 heteroatoms. The number of hydrogen-bond donors (Lipinski definition) is 1.